The van der Waals surface area contributed by atoms with E-state index in [-0.39, 0.29) is 34.0 Å². The fourth-order valence-electron chi connectivity index (χ4n) is 4.96. The number of rotatable bonds is 7. The lowest BCUT2D eigenvalue weighted by atomic mass is 10.00. The van der Waals surface area contributed by atoms with E-state index in [2.05, 4.69) is 5.32 Å². The number of carbonyl (C=O) groups excluding carboxylic acids is 1. The molecule has 10 heteroatoms. The summed E-state index contributed by atoms with van der Waals surface area (Å²) < 4.78 is 34.5. The van der Waals surface area contributed by atoms with Crippen LogP contribution >= 0.6 is 23.2 Å². The lowest BCUT2D eigenvalue weighted by Crippen LogP contribution is -2.44. The van der Waals surface area contributed by atoms with Crippen LogP contribution in [0.25, 0.3) is 22.0 Å². The van der Waals surface area contributed by atoms with Crippen LogP contribution in [0.2, 0.25) is 10.0 Å². The number of nitrogens with zero attached hydrogens (tertiary/aromatic N) is 2. The average molecular weight is 585 g/mol. The summed E-state index contributed by atoms with van der Waals surface area (Å²) >= 11 is 13.1. The fourth-order valence-corrected chi connectivity index (χ4v) is 7.48. The van der Waals surface area contributed by atoms with Gasteiger partial charge in [0, 0.05) is 35.3 Å². The van der Waals surface area contributed by atoms with Crippen molar-refractivity contribution in [3.05, 3.63) is 88.0 Å². The maximum Gasteiger partial charge on any atom is 0.245 e. The molecule has 1 saturated heterocycles. The first kappa shape index (κ1) is 27.4. The van der Waals surface area contributed by atoms with Crippen LogP contribution in [-0.4, -0.2) is 43.2 Å². The first-order valence-corrected chi connectivity index (χ1v) is 14.7. The third-order valence-electron chi connectivity index (χ3n) is 6.88. The molecule has 202 valence electrons. The molecule has 0 saturated carbocycles. The SMILES string of the molecule is CNC(=O)[C@@H]1CCCN1S(=O)(=O)c1ccc(Cl)c(COc2cccc3c(-c4ccccc4)cc(C)nc23)c1Cl. The van der Waals surface area contributed by atoms with Gasteiger partial charge in [-0.15, -0.1) is 0 Å². The molecule has 1 aliphatic heterocycles. The van der Waals surface area contributed by atoms with Gasteiger partial charge in [0.15, 0.2) is 0 Å². The summed E-state index contributed by atoms with van der Waals surface area (Å²) in [6.45, 7) is 2.08. The standard InChI is InChI=1S/C29H27Cl2N3O4S/c1-18-16-21(19-8-4-3-5-9-19)20-10-6-12-25(28(20)33-18)38-17-22-23(30)13-14-26(27(22)31)39(36,37)34-15-7-11-24(34)29(35)32-2/h3-6,8-10,12-14,16,24H,7,11,15,17H2,1-2H3,(H,32,35)/t24-/m0/s1. The van der Waals surface area contributed by atoms with E-state index in [1.165, 1.54) is 23.5 Å². The lowest BCUT2D eigenvalue weighted by molar-refractivity contribution is -0.123. The maximum atomic E-state index is 13.6. The molecule has 1 amide bonds. The van der Waals surface area contributed by atoms with E-state index in [1.807, 2.05) is 61.5 Å². The van der Waals surface area contributed by atoms with Crippen LogP contribution in [0.5, 0.6) is 5.75 Å². The molecule has 5 rings (SSSR count). The smallest absolute Gasteiger partial charge is 0.245 e. The second-order valence-electron chi connectivity index (χ2n) is 9.34. The number of amides is 1. The highest BCUT2D eigenvalue weighted by atomic mass is 35.5. The van der Waals surface area contributed by atoms with Crippen molar-refractivity contribution in [1.29, 1.82) is 0 Å². The van der Waals surface area contributed by atoms with Crippen LogP contribution in [0.3, 0.4) is 0 Å². The highest BCUT2D eigenvalue weighted by Gasteiger charge is 2.40. The van der Waals surface area contributed by atoms with Crippen LogP contribution in [0.4, 0.5) is 0 Å². The van der Waals surface area contributed by atoms with Gasteiger partial charge in [0.2, 0.25) is 15.9 Å². The summed E-state index contributed by atoms with van der Waals surface area (Å²) in [4.78, 5) is 16.9. The summed E-state index contributed by atoms with van der Waals surface area (Å²) in [5, 5.41) is 3.71. The van der Waals surface area contributed by atoms with Crippen molar-refractivity contribution in [3.8, 4) is 16.9 Å². The molecule has 0 bridgehead atoms. The van der Waals surface area contributed by atoms with Crippen molar-refractivity contribution in [3.63, 3.8) is 0 Å². The molecule has 1 aliphatic rings. The minimum Gasteiger partial charge on any atom is -0.487 e. The van der Waals surface area contributed by atoms with Crippen LogP contribution in [0.15, 0.2) is 71.6 Å². The van der Waals surface area contributed by atoms with E-state index >= 15 is 0 Å². The van der Waals surface area contributed by atoms with Crippen molar-refractivity contribution in [2.75, 3.05) is 13.6 Å². The molecule has 0 unspecified atom stereocenters. The Labute approximate surface area is 237 Å². The van der Waals surface area contributed by atoms with Crippen LogP contribution < -0.4 is 10.1 Å². The molecule has 7 nitrogen and oxygen atoms in total. The van der Waals surface area contributed by atoms with Gasteiger partial charge >= 0.3 is 0 Å². The van der Waals surface area contributed by atoms with Crippen molar-refractivity contribution >= 4 is 50.0 Å². The maximum absolute atomic E-state index is 13.6. The normalized spacial score (nSPS) is 15.9. The number of benzene rings is 3. The molecule has 1 aromatic heterocycles. The van der Waals surface area contributed by atoms with Gasteiger partial charge in [-0.25, -0.2) is 13.4 Å². The summed E-state index contributed by atoms with van der Waals surface area (Å²) in [6, 6.07) is 19.8. The third-order valence-corrected chi connectivity index (χ3v) is 9.73. The predicted octanol–water partition coefficient (Wildman–Crippen LogP) is 6.00. The van der Waals surface area contributed by atoms with Crippen molar-refractivity contribution in [2.24, 2.45) is 0 Å². The Morgan fingerprint density at radius 3 is 2.62 bits per heavy atom. The number of sulfonamides is 1. The predicted molar refractivity (Wildman–Crippen MR) is 154 cm³/mol. The number of likely N-dealkylation sites (N-methyl/N-ethyl adjacent to an activating group) is 1. The number of aromatic nitrogens is 1. The van der Waals surface area contributed by atoms with Crippen molar-refractivity contribution < 1.29 is 17.9 Å². The zero-order valence-corrected chi connectivity index (χ0v) is 23.8. The van der Waals surface area contributed by atoms with Gasteiger partial charge in [0.05, 0.1) is 5.02 Å². The van der Waals surface area contributed by atoms with Gasteiger partial charge < -0.3 is 10.1 Å². The third kappa shape index (κ3) is 5.22. The zero-order chi connectivity index (χ0) is 27.7. The Kier molecular flexibility index (Phi) is 7.82. The van der Waals surface area contributed by atoms with E-state index in [0.29, 0.717) is 29.7 Å². The van der Waals surface area contributed by atoms with Gasteiger partial charge in [-0.2, -0.15) is 4.31 Å². The summed E-state index contributed by atoms with van der Waals surface area (Å²) in [7, 11) is -2.57. The van der Waals surface area contributed by atoms with Crippen molar-refractivity contribution in [1.82, 2.24) is 14.6 Å². The van der Waals surface area contributed by atoms with E-state index < -0.39 is 16.1 Å². The van der Waals surface area contributed by atoms with Gasteiger partial charge in [0.1, 0.15) is 28.8 Å². The second-order valence-corrected chi connectivity index (χ2v) is 12.0. The molecule has 0 radical (unpaired) electrons. The van der Waals surface area contributed by atoms with Crippen LogP contribution in [0.1, 0.15) is 24.1 Å². The summed E-state index contributed by atoms with van der Waals surface area (Å²) in [5.41, 5.74) is 3.94. The summed E-state index contributed by atoms with van der Waals surface area (Å²) in [6.07, 6.45) is 1.02. The van der Waals surface area contributed by atoms with Gasteiger partial charge in [-0.3, -0.25) is 4.79 Å². The number of carbonyl (C=O) groups is 1. The van der Waals surface area contributed by atoms with Crippen LogP contribution in [-0.2, 0) is 21.4 Å². The number of nitrogens with one attached hydrogen (secondary N) is 1. The highest BCUT2D eigenvalue weighted by Crippen LogP contribution is 2.37. The number of pyridine rings is 1. The molecule has 0 aliphatic carbocycles. The molecular formula is C29H27Cl2N3O4S. The second kappa shape index (κ2) is 11.1. The zero-order valence-electron chi connectivity index (χ0n) is 21.4. The molecule has 1 fully saturated rings. The Morgan fingerprint density at radius 2 is 1.87 bits per heavy atom. The van der Waals surface area contributed by atoms with E-state index in [4.69, 9.17) is 32.9 Å². The number of hydrogen-bond donors (Lipinski definition) is 1. The minimum atomic E-state index is -4.06. The minimum absolute atomic E-state index is 0.0283. The molecule has 1 N–H and O–H groups in total. The molecule has 2 heterocycles. The first-order chi connectivity index (χ1) is 18.7. The number of para-hydroxylation sites is 1. The van der Waals surface area contributed by atoms with Gasteiger partial charge in [-0.05, 0) is 55.2 Å². The molecule has 0 spiro atoms. The van der Waals surface area contributed by atoms with Crippen molar-refractivity contribution in [2.45, 2.75) is 37.3 Å². The molecule has 3 aromatic carbocycles. The Balaban J connectivity index is 1.49. The molecular weight excluding hydrogens is 557 g/mol. The van der Waals surface area contributed by atoms with Crippen LogP contribution in [0, 0.1) is 6.92 Å². The topological polar surface area (TPSA) is 88.6 Å². The van der Waals surface area contributed by atoms with E-state index in [0.717, 1.165) is 22.2 Å². The quantitative estimate of drug-likeness (QED) is 0.288. The number of fused-ring (bicyclic) bond motifs is 1. The Morgan fingerprint density at radius 1 is 1.10 bits per heavy atom. The lowest BCUT2D eigenvalue weighted by Gasteiger charge is -2.24. The molecule has 39 heavy (non-hydrogen) atoms. The highest BCUT2D eigenvalue weighted by molar-refractivity contribution is 7.89. The van der Waals surface area contributed by atoms with E-state index in [9.17, 15) is 13.2 Å². The number of aryl methyl sites for hydroxylation is 1. The largest absolute Gasteiger partial charge is 0.487 e. The Hall–Kier alpha value is -3.17. The first-order valence-electron chi connectivity index (χ1n) is 12.5. The summed E-state index contributed by atoms with van der Waals surface area (Å²) in [5.74, 6) is 0.173. The van der Waals surface area contributed by atoms with Gasteiger partial charge in [-0.1, -0.05) is 65.7 Å². The number of halogens is 2. The molecule has 4 aromatic rings. The average Bonchev–Trinajstić information content (AvgIpc) is 3.44. The number of ether oxygens (including phenoxy) is 1. The monoisotopic (exact) mass is 583 g/mol. The van der Waals surface area contributed by atoms with Gasteiger partial charge in [0.25, 0.3) is 0 Å². The number of hydrogen-bond acceptors (Lipinski definition) is 5. The Bertz CT molecular complexity index is 1660. The van der Waals surface area contributed by atoms with E-state index in [1.54, 1.807) is 0 Å². The molecule has 1 atom stereocenters. The fraction of sp³-hybridized carbons (Fsp3) is 0.241.